The quantitative estimate of drug-likeness (QED) is 0.0609. The normalized spacial score (nSPS) is 16.1. The lowest BCUT2D eigenvalue weighted by molar-refractivity contribution is -0.146. The van der Waals surface area contributed by atoms with Crippen LogP contribution in [0, 0.1) is 29.9 Å². The number of nitrogens with one attached hydrogen (secondary N) is 1. The summed E-state index contributed by atoms with van der Waals surface area (Å²) in [4.78, 5) is 78.3. The van der Waals surface area contributed by atoms with Gasteiger partial charge in [-0.05, 0) is 71.7 Å². The summed E-state index contributed by atoms with van der Waals surface area (Å²) in [6.45, 7) is 9.99. The number of carbonyl (C=O) groups is 5. The number of aliphatic hydroxyl groups is 1. The van der Waals surface area contributed by atoms with E-state index >= 15 is 4.39 Å². The Morgan fingerprint density at radius 3 is 2.36 bits per heavy atom. The van der Waals surface area contributed by atoms with E-state index in [1.807, 2.05) is 76.5 Å². The molecule has 5 aromatic rings. The second kappa shape index (κ2) is 21.1. The van der Waals surface area contributed by atoms with E-state index in [2.05, 4.69) is 15.3 Å². The first-order chi connectivity index (χ1) is 32.0. The van der Waals surface area contributed by atoms with Gasteiger partial charge in [0.25, 0.3) is 0 Å². The molecule has 0 radical (unpaired) electrons. The van der Waals surface area contributed by atoms with Gasteiger partial charge >= 0.3 is 0 Å². The summed E-state index contributed by atoms with van der Waals surface area (Å²) in [5, 5.41) is 13.6. The van der Waals surface area contributed by atoms with E-state index in [-0.39, 0.29) is 86.3 Å². The Morgan fingerprint density at radius 2 is 1.67 bits per heavy atom. The number of hydrogen-bond acceptors (Lipinski definition) is 10. The average Bonchev–Trinajstić information content (AvgIpc) is 4.05. The van der Waals surface area contributed by atoms with E-state index in [4.69, 9.17) is 4.74 Å². The van der Waals surface area contributed by atoms with Gasteiger partial charge in [0.2, 0.25) is 11.8 Å². The van der Waals surface area contributed by atoms with Gasteiger partial charge in [-0.3, -0.25) is 29.0 Å². The average molecular weight is 931 g/mol. The molecular weight excluding hydrogens is 875 g/mol. The van der Waals surface area contributed by atoms with Gasteiger partial charge in [-0.1, -0.05) is 76.2 Å². The van der Waals surface area contributed by atoms with Crippen molar-refractivity contribution in [2.24, 2.45) is 11.3 Å². The summed E-state index contributed by atoms with van der Waals surface area (Å²) in [7, 11) is 0. The van der Waals surface area contributed by atoms with Crippen LogP contribution in [0.2, 0.25) is 0 Å². The second-order valence-corrected chi connectivity index (χ2v) is 19.3. The van der Waals surface area contributed by atoms with Gasteiger partial charge in [0.15, 0.2) is 5.78 Å². The molecule has 1 saturated heterocycles. The molecule has 3 atom stereocenters. The fraction of sp³-hybridized carbons (Fsp3) is 0.377. The van der Waals surface area contributed by atoms with Crippen molar-refractivity contribution in [2.45, 2.75) is 105 Å². The summed E-state index contributed by atoms with van der Waals surface area (Å²) < 4.78 is 36.5. The predicted molar refractivity (Wildman–Crippen MR) is 253 cm³/mol. The van der Waals surface area contributed by atoms with Crippen molar-refractivity contribution in [3.8, 4) is 27.3 Å². The van der Waals surface area contributed by atoms with E-state index in [1.165, 1.54) is 11.0 Å². The Labute approximate surface area is 393 Å². The van der Waals surface area contributed by atoms with Crippen LogP contribution in [-0.4, -0.2) is 74.4 Å². The number of fused-ring (bicyclic) bond motifs is 1. The van der Waals surface area contributed by atoms with Crippen molar-refractivity contribution in [2.75, 3.05) is 13.2 Å². The Bertz CT molecular complexity index is 2690. The highest BCUT2D eigenvalue weighted by molar-refractivity contribution is 7.13. The molecule has 2 amide bonds. The van der Waals surface area contributed by atoms with Crippen molar-refractivity contribution in [1.82, 2.24) is 20.2 Å². The van der Waals surface area contributed by atoms with Gasteiger partial charge in [0.1, 0.15) is 35.0 Å². The maximum absolute atomic E-state index is 15.5. The number of nitrogens with zero attached hydrogens (tertiary/aromatic N) is 3. The fourth-order valence-corrected chi connectivity index (χ4v) is 9.50. The topological polar surface area (TPSA) is 156 Å². The van der Waals surface area contributed by atoms with Crippen LogP contribution in [0.5, 0.6) is 5.75 Å². The molecule has 350 valence electrons. The summed E-state index contributed by atoms with van der Waals surface area (Å²) >= 11 is 1.57. The number of ether oxygens (including phenoxy) is 1. The number of amides is 2. The molecule has 3 heterocycles. The number of allylic oxidation sites excluding steroid dienone is 2. The van der Waals surface area contributed by atoms with Gasteiger partial charge in [-0.15, -0.1) is 11.3 Å². The number of β-amino-alcohol motifs (C(OH)–C–C–N with tert-alkyl or cyclic N) is 1. The highest BCUT2D eigenvalue weighted by Gasteiger charge is 2.44. The molecule has 1 fully saturated rings. The summed E-state index contributed by atoms with van der Waals surface area (Å²) in [5.41, 5.74) is 6.07. The number of ketones is 3. The van der Waals surface area contributed by atoms with Crippen molar-refractivity contribution >= 4 is 46.1 Å². The largest absolute Gasteiger partial charge is 0.494 e. The molecule has 1 aliphatic carbocycles. The number of likely N-dealkylation sites (tertiary alicyclic amines) is 1. The number of aryl methyl sites for hydroxylation is 1. The van der Waals surface area contributed by atoms with Gasteiger partial charge in [-0.25, -0.2) is 13.8 Å². The molecule has 0 unspecified atom stereocenters. The minimum atomic E-state index is -1.02. The number of halogens is 2. The molecule has 2 aliphatic rings. The number of Topliss-reactive ketones (excluding diaryl/α,β-unsaturated/α-hetero) is 3. The van der Waals surface area contributed by atoms with Crippen LogP contribution >= 0.6 is 11.3 Å². The van der Waals surface area contributed by atoms with E-state index in [0.29, 0.717) is 41.8 Å². The molecule has 0 bridgehead atoms. The molecule has 0 spiro atoms. The van der Waals surface area contributed by atoms with Crippen LogP contribution in [0.25, 0.3) is 27.1 Å². The number of aliphatic hydroxyl groups excluding tert-OH is 1. The SMILES string of the molecule is CCCC(=O)Cc1ccc(F)c(C(=O)C2=CCc3ncc(-c4ccc(OCCCC(=O)C[C@H](C(=O)N5C[C@H](O)C[C@H]5C(=O)NCc5ccc(-c6scnc6C)cc5)C(C)(C)C)cc4)cc32)c1F. The van der Waals surface area contributed by atoms with E-state index in [1.54, 1.807) is 41.8 Å². The number of thiazole rings is 1. The minimum absolute atomic E-state index is 0.00944. The molecule has 2 aromatic heterocycles. The van der Waals surface area contributed by atoms with Crippen molar-refractivity contribution in [3.05, 3.63) is 130 Å². The lowest BCUT2D eigenvalue weighted by atomic mass is 9.76. The maximum Gasteiger partial charge on any atom is 0.243 e. The molecular formula is C53H56F2N4O7S. The number of hydrogen-bond donors (Lipinski definition) is 2. The van der Waals surface area contributed by atoms with Crippen LogP contribution in [0.3, 0.4) is 0 Å². The predicted octanol–water partition coefficient (Wildman–Crippen LogP) is 9.25. The zero-order valence-corrected chi connectivity index (χ0v) is 39.3. The molecule has 7 rings (SSSR count). The van der Waals surface area contributed by atoms with Crippen LogP contribution in [0.15, 0.2) is 84.5 Å². The van der Waals surface area contributed by atoms with E-state index in [0.717, 1.165) is 33.3 Å². The standard InChI is InChI=1S/C53H56F2N4O7S/c1-6-8-37(60)23-35-16-20-44(54)47(48(35)55)49(63)41-19-21-45-42(41)24-36(28-56-45)33-14-17-40(18-15-33)66-22-7-9-38(61)25-43(53(3,4)5)52(65)59-29-39(62)26-46(59)51(64)57-27-32-10-12-34(13-11-32)50-31(2)58-30-67-50/h10-20,24,28,30,39,43,46,62H,6-9,21-23,25-27,29H2,1-5H3,(H,57,64)/t39-,43-,46+/m1/s1. The Morgan fingerprint density at radius 1 is 0.940 bits per heavy atom. The molecule has 14 heteroatoms. The van der Waals surface area contributed by atoms with E-state index < -0.39 is 46.5 Å². The monoisotopic (exact) mass is 930 g/mol. The number of pyridine rings is 1. The Hall–Kier alpha value is -6.25. The Balaban J connectivity index is 0.908. The van der Waals surface area contributed by atoms with Crippen molar-refractivity contribution in [1.29, 1.82) is 0 Å². The number of aromatic nitrogens is 2. The molecule has 67 heavy (non-hydrogen) atoms. The summed E-state index contributed by atoms with van der Waals surface area (Å²) in [5.74, 6) is -3.97. The van der Waals surface area contributed by atoms with Crippen LogP contribution in [0.1, 0.15) is 105 Å². The number of rotatable bonds is 19. The molecule has 2 N–H and O–H groups in total. The smallest absolute Gasteiger partial charge is 0.243 e. The van der Waals surface area contributed by atoms with Crippen LogP contribution in [0.4, 0.5) is 8.78 Å². The molecule has 1 aliphatic heterocycles. The van der Waals surface area contributed by atoms with Gasteiger partial charge in [0, 0.05) is 80.4 Å². The number of carbonyl (C=O) groups excluding carboxylic acids is 5. The third kappa shape index (κ3) is 11.5. The Kier molecular flexibility index (Phi) is 15.4. The lowest BCUT2D eigenvalue weighted by Gasteiger charge is -2.34. The first-order valence-corrected chi connectivity index (χ1v) is 23.6. The van der Waals surface area contributed by atoms with E-state index in [9.17, 15) is 33.5 Å². The number of benzene rings is 3. The summed E-state index contributed by atoms with van der Waals surface area (Å²) in [6.07, 6.45) is 4.06. The maximum atomic E-state index is 15.5. The van der Waals surface area contributed by atoms with Gasteiger partial charge < -0.3 is 20.1 Å². The first kappa shape index (κ1) is 48.7. The summed E-state index contributed by atoms with van der Waals surface area (Å²) in [6, 6.07) is 18.2. The third-order valence-corrected chi connectivity index (χ3v) is 13.4. The molecule has 11 nitrogen and oxygen atoms in total. The molecule has 3 aromatic carbocycles. The first-order valence-electron chi connectivity index (χ1n) is 22.8. The lowest BCUT2D eigenvalue weighted by Crippen LogP contribution is -2.50. The molecule has 0 saturated carbocycles. The zero-order chi connectivity index (χ0) is 48.0. The highest BCUT2D eigenvalue weighted by Crippen LogP contribution is 2.36. The van der Waals surface area contributed by atoms with Crippen LogP contribution < -0.4 is 10.1 Å². The zero-order valence-electron chi connectivity index (χ0n) is 38.5. The van der Waals surface area contributed by atoms with Crippen molar-refractivity contribution < 1.29 is 42.6 Å². The van der Waals surface area contributed by atoms with Gasteiger partial charge in [-0.2, -0.15) is 0 Å². The second-order valence-electron chi connectivity index (χ2n) is 18.4. The minimum Gasteiger partial charge on any atom is -0.494 e. The van der Waals surface area contributed by atoms with Crippen LogP contribution in [-0.2, 0) is 38.6 Å². The third-order valence-electron chi connectivity index (χ3n) is 12.4. The van der Waals surface area contributed by atoms with Crippen molar-refractivity contribution in [3.63, 3.8) is 0 Å². The highest BCUT2D eigenvalue weighted by atomic mass is 32.1. The fourth-order valence-electron chi connectivity index (χ4n) is 8.69. The van der Waals surface area contributed by atoms with Gasteiger partial charge in [0.05, 0.1) is 40.0 Å².